The van der Waals surface area contributed by atoms with Crippen molar-refractivity contribution in [3.63, 3.8) is 0 Å². The Morgan fingerprint density at radius 1 is 1.33 bits per heavy atom. The summed E-state index contributed by atoms with van der Waals surface area (Å²) in [6.45, 7) is 6.13. The quantitative estimate of drug-likeness (QED) is 0.865. The van der Waals surface area contributed by atoms with Crippen LogP contribution < -0.4 is 5.32 Å². The summed E-state index contributed by atoms with van der Waals surface area (Å²) in [6.07, 6.45) is 0. The maximum atomic E-state index is 5.22. The highest BCUT2D eigenvalue weighted by atomic mass is 32.2. The summed E-state index contributed by atoms with van der Waals surface area (Å²) in [5.74, 6) is 1.98. The third-order valence-corrected chi connectivity index (χ3v) is 4.12. The molecule has 8 heteroatoms. The average Bonchev–Trinajstić information content (AvgIpc) is 2.94. The molecule has 2 rings (SSSR count). The van der Waals surface area contributed by atoms with Crippen LogP contribution in [0.4, 0.5) is 5.13 Å². The molecule has 0 aliphatic heterocycles. The Balaban J connectivity index is 1.96. The van der Waals surface area contributed by atoms with Crippen LogP contribution in [0.1, 0.15) is 32.5 Å². The van der Waals surface area contributed by atoms with Gasteiger partial charge in [-0.3, -0.25) is 0 Å². The minimum absolute atomic E-state index is 0.113. The van der Waals surface area contributed by atoms with E-state index in [2.05, 4.69) is 25.7 Å². The molecule has 18 heavy (non-hydrogen) atoms. The van der Waals surface area contributed by atoms with Gasteiger partial charge in [0, 0.05) is 12.5 Å². The minimum Gasteiger partial charge on any atom is -0.363 e. The zero-order chi connectivity index (χ0) is 13.2. The molecule has 0 fully saturated rings. The molecule has 0 amide bonds. The largest absolute Gasteiger partial charge is 0.363 e. The van der Waals surface area contributed by atoms with Gasteiger partial charge in [-0.15, -0.1) is 10.2 Å². The third kappa shape index (κ3) is 3.20. The van der Waals surface area contributed by atoms with E-state index in [4.69, 9.17) is 4.52 Å². The molecule has 0 atom stereocenters. The van der Waals surface area contributed by atoms with E-state index in [1.54, 1.807) is 11.8 Å². The lowest BCUT2D eigenvalue weighted by atomic mass is 9.97. The van der Waals surface area contributed by atoms with Crippen molar-refractivity contribution in [3.8, 4) is 0 Å². The fourth-order valence-electron chi connectivity index (χ4n) is 1.11. The van der Waals surface area contributed by atoms with Crippen molar-refractivity contribution < 1.29 is 4.52 Å². The van der Waals surface area contributed by atoms with E-state index in [9.17, 15) is 0 Å². The Hall–Kier alpha value is -1.15. The molecule has 2 heterocycles. The second-order valence-electron chi connectivity index (χ2n) is 4.68. The summed E-state index contributed by atoms with van der Waals surface area (Å²) in [6, 6.07) is 0. The Morgan fingerprint density at radius 3 is 2.67 bits per heavy atom. The van der Waals surface area contributed by atoms with Crippen LogP contribution in [0.5, 0.6) is 0 Å². The fraction of sp³-hybridized carbons (Fsp3) is 0.600. The van der Waals surface area contributed by atoms with Gasteiger partial charge in [-0.05, 0) is 0 Å². The molecular formula is C10H15N5OS2. The first kappa shape index (κ1) is 13.3. The lowest BCUT2D eigenvalue weighted by Gasteiger charge is -2.10. The molecule has 1 N–H and O–H groups in total. The number of aromatic nitrogens is 4. The molecule has 0 unspecified atom stereocenters. The van der Waals surface area contributed by atoms with Crippen LogP contribution >= 0.6 is 23.1 Å². The van der Waals surface area contributed by atoms with Crippen LogP contribution in [0, 0.1) is 0 Å². The fourth-order valence-corrected chi connectivity index (χ4v) is 2.66. The molecular weight excluding hydrogens is 270 g/mol. The molecule has 2 aromatic rings. The Labute approximate surface area is 114 Å². The van der Waals surface area contributed by atoms with Gasteiger partial charge in [0.25, 0.3) is 0 Å². The predicted molar refractivity (Wildman–Crippen MR) is 72.0 cm³/mol. The monoisotopic (exact) mass is 285 g/mol. The molecule has 0 saturated heterocycles. The predicted octanol–water partition coefficient (Wildman–Crippen LogP) is 2.55. The number of anilines is 1. The topological polar surface area (TPSA) is 76.7 Å². The Morgan fingerprint density at radius 2 is 2.11 bits per heavy atom. The molecule has 0 saturated carbocycles. The number of rotatable bonds is 4. The lowest BCUT2D eigenvalue weighted by Crippen LogP contribution is -2.11. The van der Waals surface area contributed by atoms with Crippen LogP contribution in [-0.2, 0) is 11.2 Å². The van der Waals surface area contributed by atoms with Crippen molar-refractivity contribution in [2.75, 3.05) is 12.4 Å². The number of hydrogen-bond donors (Lipinski definition) is 1. The van der Waals surface area contributed by atoms with E-state index in [1.807, 2.05) is 27.8 Å². The van der Waals surface area contributed by atoms with E-state index in [0.29, 0.717) is 17.5 Å². The number of hydrogen-bond acceptors (Lipinski definition) is 8. The van der Waals surface area contributed by atoms with E-state index >= 15 is 0 Å². The highest BCUT2D eigenvalue weighted by Crippen LogP contribution is 2.28. The summed E-state index contributed by atoms with van der Waals surface area (Å²) in [5, 5.41) is 15.7. The molecule has 0 aliphatic rings. The zero-order valence-corrected chi connectivity index (χ0v) is 12.4. The summed E-state index contributed by atoms with van der Waals surface area (Å²) >= 11 is 3.06. The molecule has 0 spiro atoms. The molecule has 2 aromatic heterocycles. The minimum atomic E-state index is -0.113. The second-order valence-corrected chi connectivity index (χ2v) is 6.88. The zero-order valence-electron chi connectivity index (χ0n) is 10.7. The Kier molecular flexibility index (Phi) is 3.86. The van der Waals surface area contributed by atoms with Crippen LogP contribution in [0.2, 0.25) is 0 Å². The highest BCUT2D eigenvalue weighted by molar-refractivity contribution is 8.00. The van der Waals surface area contributed by atoms with Gasteiger partial charge >= 0.3 is 0 Å². The van der Waals surface area contributed by atoms with Gasteiger partial charge in [0.05, 0.1) is 5.75 Å². The number of thioether (sulfide) groups is 1. The summed E-state index contributed by atoms with van der Waals surface area (Å²) in [5.41, 5.74) is -0.113. The molecule has 0 radical (unpaired) electrons. The molecule has 98 valence electrons. The van der Waals surface area contributed by atoms with Gasteiger partial charge in [-0.2, -0.15) is 4.98 Å². The number of nitrogens with zero attached hydrogens (tertiary/aromatic N) is 4. The first-order valence-electron chi connectivity index (χ1n) is 5.46. The van der Waals surface area contributed by atoms with Crippen LogP contribution in [0.25, 0.3) is 0 Å². The van der Waals surface area contributed by atoms with Crippen molar-refractivity contribution in [2.45, 2.75) is 36.3 Å². The first-order valence-corrected chi connectivity index (χ1v) is 7.26. The van der Waals surface area contributed by atoms with Gasteiger partial charge < -0.3 is 9.84 Å². The van der Waals surface area contributed by atoms with Gasteiger partial charge in [0.15, 0.2) is 10.2 Å². The third-order valence-electron chi connectivity index (χ3n) is 2.05. The Bertz CT molecular complexity index is 516. The van der Waals surface area contributed by atoms with E-state index in [1.165, 1.54) is 11.3 Å². The maximum absolute atomic E-state index is 5.22. The van der Waals surface area contributed by atoms with E-state index < -0.39 is 0 Å². The van der Waals surface area contributed by atoms with Crippen molar-refractivity contribution in [3.05, 3.63) is 11.7 Å². The molecule has 0 bridgehead atoms. The van der Waals surface area contributed by atoms with Crippen LogP contribution in [-0.4, -0.2) is 27.4 Å². The normalized spacial score (nSPS) is 11.8. The highest BCUT2D eigenvalue weighted by Gasteiger charge is 2.21. The van der Waals surface area contributed by atoms with Gasteiger partial charge in [0.1, 0.15) is 0 Å². The van der Waals surface area contributed by atoms with Gasteiger partial charge in [-0.1, -0.05) is 49.0 Å². The average molecular weight is 285 g/mol. The molecule has 0 aliphatic carbocycles. The smallest absolute Gasteiger partial charge is 0.232 e. The molecule has 6 nitrogen and oxygen atoms in total. The lowest BCUT2D eigenvalue weighted by molar-refractivity contribution is 0.319. The number of nitrogens with one attached hydrogen (secondary N) is 1. The van der Waals surface area contributed by atoms with Gasteiger partial charge in [0.2, 0.25) is 11.0 Å². The van der Waals surface area contributed by atoms with Crippen molar-refractivity contribution in [1.29, 1.82) is 0 Å². The summed E-state index contributed by atoms with van der Waals surface area (Å²) in [4.78, 5) is 4.37. The van der Waals surface area contributed by atoms with Crippen molar-refractivity contribution in [1.82, 2.24) is 20.3 Å². The maximum Gasteiger partial charge on any atom is 0.232 e. The second kappa shape index (κ2) is 5.23. The van der Waals surface area contributed by atoms with E-state index in [0.717, 1.165) is 9.47 Å². The summed E-state index contributed by atoms with van der Waals surface area (Å²) < 4.78 is 6.11. The van der Waals surface area contributed by atoms with Gasteiger partial charge in [-0.25, -0.2) is 0 Å². The van der Waals surface area contributed by atoms with Crippen LogP contribution in [0.15, 0.2) is 8.86 Å². The van der Waals surface area contributed by atoms with Crippen molar-refractivity contribution >= 4 is 28.2 Å². The SMILES string of the molecule is CNc1nnc(SCc2noc(C(C)(C)C)n2)s1. The molecule has 0 aromatic carbocycles. The van der Waals surface area contributed by atoms with Crippen molar-refractivity contribution in [2.24, 2.45) is 0 Å². The van der Waals surface area contributed by atoms with E-state index in [-0.39, 0.29) is 5.41 Å². The summed E-state index contributed by atoms with van der Waals surface area (Å²) in [7, 11) is 1.82. The van der Waals surface area contributed by atoms with Crippen LogP contribution in [0.3, 0.4) is 0 Å². The standard InChI is InChI=1S/C10H15N5OS2/c1-10(2,3)7-12-6(15-16-7)5-17-9-14-13-8(11-4)18-9/h5H2,1-4H3,(H,11,13). The first-order chi connectivity index (χ1) is 8.49.